The second-order valence-electron chi connectivity index (χ2n) is 10.9. The van der Waals surface area contributed by atoms with Gasteiger partial charge in [-0.3, -0.25) is 13.9 Å². The molecule has 1 aliphatic carbocycles. The van der Waals surface area contributed by atoms with Gasteiger partial charge in [-0.25, -0.2) is 8.42 Å². The maximum atomic E-state index is 14.3. The van der Waals surface area contributed by atoms with Gasteiger partial charge in [-0.05, 0) is 86.2 Å². The van der Waals surface area contributed by atoms with Crippen LogP contribution in [0, 0.1) is 13.8 Å². The number of nitrogens with zero attached hydrogens (tertiary/aromatic N) is 2. The second-order valence-corrected chi connectivity index (χ2v) is 13.5. The lowest BCUT2D eigenvalue weighted by molar-refractivity contribution is -0.140. The van der Waals surface area contributed by atoms with Crippen molar-refractivity contribution in [3.63, 3.8) is 0 Å². The van der Waals surface area contributed by atoms with Crippen LogP contribution < -0.4 is 9.62 Å². The Balaban J connectivity index is 1.74. The number of sulfonamides is 1. The molecule has 4 rings (SSSR count). The van der Waals surface area contributed by atoms with Gasteiger partial charge < -0.3 is 10.2 Å². The van der Waals surface area contributed by atoms with Gasteiger partial charge >= 0.3 is 0 Å². The van der Waals surface area contributed by atoms with Crippen molar-refractivity contribution in [1.29, 1.82) is 0 Å². The number of carbonyl (C=O) groups is 2. The van der Waals surface area contributed by atoms with Crippen LogP contribution in [0.1, 0.15) is 55.7 Å². The Morgan fingerprint density at radius 2 is 1.57 bits per heavy atom. The van der Waals surface area contributed by atoms with Crippen LogP contribution in [0.3, 0.4) is 0 Å². The van der Waals surface area contributed by atoms with Crippen molar-refractivity contribution < 1.29 is 18.0 Å². The number of hydrogen-bond donors (Lipinski definition) is 1. The number of hydrogen-bond acceptors (Lipinski definition) is 4. The lowest BCUT2D eigenvalue weighted by Gasteiger charge is -2.34. The van der Waals surface area contributed by atoms with Crippen LogP contribution in [0.25, 0.3) is 0 Å². The fraction of sp³-hybridized carbons (Fsp3) is 0.375. The van der Waals surface area contributed by atoms with Crippen LogP contribution >= 0.6 is 23.2 Å². The van der Waals surface area contributed by atoms with E-state index < -0.39 is 28.5 Å². The molecule has 0 saturated heterocycles. The predicted molar refractivity (Wildman–Crippen MR) is 168 cm³/mol. The van der Waals surface area contributed by atoms with Gasteiger partial charge in [0.2, 0.25) is 11.8 Å². The number of anilines is 1. The first-order valence-electron chi connectivity index (χ1n) is 14.2. The SMILES string of the molecule is CC[C@H](C(=O)NC1CCCC1)N(Cc1ccc(Cl)c(Cl)c1)C(=O)CN(c1cc(C)cc(C)c1)S(=O)(=O)c1ccccc1. The molecule has 0 spiro atoms. The van der Waals surface area contributed by atoms with Crippen molar-refractivity contribution in [2.45, 2.75) is 76.4 Å². The van der Waals surface area contributed by atoms with Crippen molar-refractivity contribution >= 4 is 50.7 Å². The molecule has 0 aromatic heterocycles. The topological polar surface area (TPSA) is 86.8 Å². The molecular weight excluding hydrogens is 593 g/mol. The first-order valence-corrected chi connectivity index (χ1v) is 16.4. The van der Waals surface area contributed by atoms with Crippen LogP contribution in [0.2, 0.25) is 10.0 Å². The standard InChI is InChI=1S/C32H37Cl2N3O4S/c1-4-30(32(39)35-25-10-8-9-11-25)36(20-24-14-15-28(33)29(34)19-24)31(38)21-37(26-17-22(2)16-23(3)18-26)42(40,41)27-12-6-5-7-13-27/h5-7,12-19,25,30H,4,8-11,20-21H2,1-3H3,(H,35,39)/t30-/m1/s1. The molecule has 224 valence electrons. The van der Waals surface area contributed by atoms with Gasteiger partial charge in [-0.2, -0.15) is 0 Å². The summed E-state index contributed by atoms with van der Waals surface area (Å²) in [5, 5.41) is 3.82. The number of halogens is 2. The van der Waals surface area contributed by atoms with Crippen molar-refractivity contribution in [2.75, 3.05) is 10.8 Å². The lowest BCUT2D eigenvalue weighted by atomic mass is 10.1. The number of nitrogens with one attached hydrogen (secondary N) is 1. The monoisotopic (exact) mass is 629 g/mol. The summed E-state index contributed by atoms with van der Waals surface area (Å²) >= 11 is 12.4. The molecule has 7 nitrogen and oxygen atoms in total. The summed E-state index contributed by atoms with van der Waals surface area (Å²) in [4.78, 5) is 29.3. The predicted octanol–water partition coefficient (Wildman–Crippen LogP) is 6.67. The maximum absolute atomic E-state index is 14.3. The summed E-state index contributed by atoms with van der Waals surface area (Å²) < 4.78 is 29.1. The van der Waals surface area contributed by atoms with E-state index in [0.717, 1.165) is 41.1 Å². The third-order valence-corrected chi connectivity index (χ3v) is 10.1. The molecule has 0 heterocycles. The fourth-order valence-electron chi connectivity index (χ4n) is 5.46. The molecular formula is C32H37Cl2N3O4S. The van der Waals surface area contributed by atoms with E-state index in [2.05, 4.69) is 5.32 Å². The zero-order valence-corrected chi connectivity index (χ0v) is 26.5. The highest BCUT2D eigenvalue weighted by atomic mass is 35.5. The second kappa shape index (κ2) is 13.9. The van der Waals surface area contributed by atoms with E-state index in [1.807, 2.05) is 26.8 Å². The van der Waals surface area contributed by atoms with Gasteiger partial charge in [0.05, 0.1) is 20.6 Å². The summed E-state index contributed by atoms with van der Waals surface area (Å²) in [6, 6.07) is 17.8. The summed E-state index contributed by atoms with van der Waals surface area (Å²) in [5.74, 6) is -0.755. The van der Waals surface area contributed by atoms with Crippen LogP contribution in [-0.2, 0) is 26.2 Å². The molecule has 42 heavy (non-hydrogen) atoms. The highest BCUT2D eigenvalue weighted by molar-refractivity contribution is 7.92. The molecule has 1 atom stereocenters. The zero-order chi connectivity index (χ0) is 30.4. The first kappa shape index (κ1) is 31.9. The third kappa shape index (κ3) is 7.65. The first-order chi connectivity index (χ1) is 20.0. The minimum atomic E-state index is -4.13. The minimum absolute atomic E-state index is 0.0540. The van der Waals surface area contributed by atoms with Gasteiger partial charge in [0, 0.05) is 12.6 Å². The number of rotatable bonds is 11. The summed E-state index contributed by atoms with van der Waals surface area (Å²) in [6.45, 7) is 5.16. The summed E-state index contributed by atoms with van der Waals surface area (Å²) in [5.41, 5.74) is 2.78. The Morgan fingerprint density at radius 3 is 2.17 bits per heavy atom. The molecule has 1 fully saturated rings. The van der Waals surface area contributed by atoms with E-state index in [1.165, 1.54) is 17.0 Å². The number of aryl methyl sites for hydroxylation is 2. The van der Waals surface area contributed by atoms with E-state index in [9.17, 15) is 18.0 Å². The molecule has 1 saturated carbocycles. The molecule has 10 heteroatoms. The average molecular weight is 631 g/mol. The van der Waals surface area contributed by atoms with E-state index in [1.54, 1.807) is 48.5 Å². The smallest absolute Gasteiger partial charge is 0.264 e. The molecule has 0 bridgehead atoms. The fourth-order valence-corrected chi connectivity index (χ4v) is 7.20. The molecule has 0 aliphatic heterocycles. The maximum Gasteiger partial charge on any atom is 0.264 e. The molecule has 0 radical (unpaired) electrons. The van der Waals surface area contributed by atoms with Crippen LogP contribution in [0.15, 0.2) is 71.6 Å². The van der Waals surface area contributed by atoms with Gasteiger partial charge in [0.25, 0.3) is 10.0 Å². The third-order valence-electron chi connectivity index (χ3n) is 7.53. The van der Waals surface area contributed by atoms with E-state index >= 15 is 0 Å². The van der Waals surface area contributed by atoms with Crippen LogP contribution in [0.4, 0.5) is 5.69 Å². The summed E-state index contributed by atoms with van der Waals surface area (Å²) in [7, 11) is -4.13. The van der Waals surface area contributed by atoms with E-state index in [0.29, 0.717) is 27.7 Å². The average Bonchev–Trinajstić information content (AvgIpc) is 3.46. The lowest BCUT2D eigenvalue weighted by Crippen LogP contribution is -2.53. The molecule has 0 unspecified atom stereocenters. The minimum Gasteiger partial charge on any atom is -0.352 e. The Kier molecular flexibility index (Phi) is 10.6. The van der Waals surface area contributed by atoms with Crippen molar-refractivity contribution in [3.05, 3.63) is 93.5 Å². The zero-order valence-electron chi connectivity index (χ0n) is 24.1. The molecule has 3 aromatic rings. The Morgan fingerprint density at radius 1 is 0.929 bits per heavy atom. The van der Waals surface area contributed by atoms with Gasteiger partial charge in [0.1, 0.15) is 12.6 Å². The molecule has 1 N–H and O–H groups in total. The highest BCUT2D eigenvalue weighted by Crippen LogP contribution is 2.28. The number of benzene rings is 3. The van der Waals surface area contributed by atoms with Crippen LogP contribution in [-0.4, -0.2) is 43.8 Å². The van der Waals surface area contributed by atoms with Crippen molar-refractivity contribution in [2.24, 2.45) is 0 Å². The highest BCUT2D eigenvalue weighted by Gasteiger charge is 2.34. The Bertz CT molecular complexity index is 1510. The normalized spacial score (nSPS) is 14.4. The van der Waals surface area contributed by atoms with E-state index in [-0.39, 0.29) is 23.4 Å². The van der Waals surface area contributed by atoms with Crippen molar-refractivity contribution in [1.82, 2.24) is 10.2 Å². The Labute approximate surface area is 258 Å². The molecule has 1 aliphatic rings. The Hall–Kier alpha value is -3.07. The van der Waals surface area contributed by atoms with Gasteiger partial charge in [-0.1, -0.05) is 73.3 Å². The van der Waals surface area contributed by atoms with Crippen LogP contribution in [0.5, 0.6) is 0 Å². The number of carbonyl (C=O) groups excluding carboxylic acids is 2. The quantitative estimate of drug-likeness (QED) is 0.256. The molecule has 3 aromatic carbocycles. The molecule has 2 amide bonds. The van der Waals surface area contributed by atoms with E-state index in [4.69, 9.17) is 23.2 Å². The summed E-state index contributed by atoms with van der Waals surface area (Å²) in [6.07, 6.45) is 4.25. The number of amides is 2. The van der Waals surface area contributed by atoms with Gasteiger partial charge in [-0.15, -0.1) is 0 Å². The van der Waals surface area contributed by atoms with Gasteiger partial charge in [0.15, 0.2) is 0 Å². The largest absolute Gasteiger partial charge is 0.352 e. The van der Waals surface area contributed by atoms with Crippen molar-refractivity contribution in [3.8, 4) is 0 Å².